The van der Waals surface area contributed by atoms with Crippen LogP contribution >= 0.6 is 0 Å². The maximum atomic E-state index is 12.3. The highest BCUT2D eigenvalue weighted by atomic mass is 16.6. The van der Waals surface area contributed by atoms with Crippen LogP contribution in [0.5, 0.6) is 0 Å². The molecule has 0 heterocycles. The number of aliphatic carboxylic acids is 1. The lowest BCUT2D eigenvalue weighted by Crippen LogP contribution is -2.47. The normalized spacial score (nSPS) is 14.2. The molecule has 2 aromatic carbocycles. The molecule has 9 heteroatoms. The number of hydrogen-bond acceptors (Lipinski definition) is 7. The van der Waals surface area contributed by atoms with E-state index in [1.807, 2.05) is 37.3 Å². The van der Waals surface area contributed by atoms with Crippen LogP contribution in [0.4, 0.5) is 16.2 Å². The Hall–Kier alpha value is -3.36. The second-order valence-electron chi connectivity index (χ2n) is 9.17. The Morgan fingerprint density at radius 2 is 1.67 bits per heavy atom. The van der Waals surface area contributed by atoms with E-state index in [0.717, 1.165) is 5.56 Å². The third-order valence-electron chi connectivity index (χ3n) is 5.26. The van der Waals surface area contributed by atoms with Gasteiger partial charge in [-0.2, -0.15) is 0 Å². The maximum absolute atomic E-state index is 12.3. The second-order valence-corrected chi connectivity index (χ2v) is 9.17. The van der Waals surface area contributed by atoms with Gasteiger partial charge in [0.1, 0.15) is 23.0 Å². The lowest BCUT2D eigenvalue weighted by atomic mass is 9.98. The van der Waals surface area contributed by atoms with Gasteiger partial charge >= 0.3 is 12.1 Å². The second kappa shape index (κ2) is 11.0. The van der Waals surface area contributed by atoms with Gasteiger partial charge in [-0.1, -0.05) is 50.6 Å². The smallest absolute Gasteiger partial charge is 0.407 e. The molecule has 9 nitrogen and oxygen atoms in total. The first-order valence-electron chi connectivity index (χ1n) is 11.0. The predicted molar refractivity (Wildman–Crippen MR) is 128 cm³/mol. The number of hydrogen-bond donors (Lipinski definition) is 4. The van der Waals surface area contributed by atoms with Gasteiger partial charge in [-0.25, -0.2) is 9.59 Å². The summed E-state index contributed by atoms with van der Waals surface area (Å²) in [7, 11) is 0. The van der Waals surface area contributed by atoms with Gasteiger partial charge in [-0.05, 0) is 38.7 Å². The Morgan fingerprint density at radius 1 is 1.06 bits per heavy atom. The number of rotatable bonds is 11. The van der Waals surface area contributed by atoms with Crippen molar-refractivity contribution in [2.24, 2.45) is 5.92 Å². The molecule has 0 saturated heterocycles. The van der Waals surface area contributed by atoms with E-state index >= 15 is 0 Å². The number of alkyl carbamates (subject to hydrolysis) is 1. The van der Waals surface area contributed by atoms with Crippen molar-refractivity contribution in [3.05, 3.63) is 56.3 Å². The number of carbonyl (C=O) groups is 2. The van der Waals surface area contributed by atoms with Crippen molar-refractivity contribution in [2.75, 3.05) is 17.2 Å². The number of carboxylic acid groups (broad SMARTS) is 1. The fourth-order valence-corrected chi connectivity index (χ4v) is 3.31. The summed E-state index contributed by atoms with van der Waals surface area (Å²) in [5.41, 5.74) is -1.20. The van der Waals surface area contributed by atoms with E-state index in [-0.39, 0.29) is 23.8 Å². The van der Waals surface area contributed by atoms with Crippen LogP contribution in [0, 0.1) is 5.92 Å². The highest BCUT2D eigenvalue weighted by molar-refractivity contribution is 5.82. The molecular formula is C24H33N3O6. The zero-order chi connectivity index (χ0) is 24.8. The highest BCUT2D eigenvalue weighted by Crippen LogP contribution is 2.20. The number of benzene rings is 1. The van der Waals surface area contributed by atoms with Crippen molar-refractivity contribution in [1.29, 1.82) is 0 Å². The first-order valence-corrected chi connectivity index (χ1v) is 11.0. The summed E-state index contributed by atoms with van der Waals surface area (Å²) in [6.45, 7) is 9.01. The van der Waals surface area contributed by atoms with Crippen LogP contribution in [0.1, 0.15) is 46.6 Å². The molecule has 2 rings (SSSR count). The van der Waals surface area contributed by atoms with Crippen LogP contribution in [0.3, 0.4) is 0 Å². The van der Waals surface area contributed by atoms with Crippen LogP contribution in [-0.2, 0) is 16.0 Å². The molecular weight excluding hydrogens is 426 g/mol. The van der Waals surface area contributed by atoms with Gasteiger partial charge in [0.25, 0.3) is 10.9 Å². The van der Waals surface area contributed by atoms with Crippen molar-refractivity contribution in [3.8, 4) is 0 Å². The van der Waals surface area contributed by atoms with Gasteiger partial charge in [0.05, 0.1) is 6.04 Å². The Bertz CT molecular complexity index is 1020. The quantitative estimate of drug-likeness (QED) is 0.377. The van der Waals surface area contributed by atoms with E-state index in [9.17, 15) is 24.3 Å². The molecule has 0 aliphatic heterocycles. The zero-order valence-electron chi connectivity index (χ0n) is 19.7. The van der Waals surface area contributed by atoms with Crippen LogP contribution < -0.4 is 26.8 Å². The Balaban J connectivity index is 2.17. The molecule has 180 valence electrons. The third-order valence-corrected chi connectivity index (χ3v) is 5.26. The average Bonchev–Trinajstić information content (AvgIpc) is 2.73. The minimum absolute atomic E-state index is 0.0265. The van der Waals surface area contributed by atoms with Gasteiger partial charge in [0.15, 0.2) is 0 Å². The van der Waals surface area contributed by atoms with Crippen LogP contribution in [0.2, 0.25) is 0 Å². The average molecular weight is 460 g/mol. The summed E-state index contributed by atoms with van der Waals surface area (Å²) >= 11 is 0. The molecule has 3 atom stereocenters. The number of amides is 1. The summed E-state index contributed by atoms with van der Waals surface area (Å²) in [6.07, 6.45) is 0.438. The predicted octanol–water partition coefficient (Wildman–Crippen LogP) is 2.74. The number of anilines is 2. The standard InChI is InChI=1S/C24H33N3O6/c1-6-14(2)17(22(30)31)27-19-18(20(28)21(19)29)25-13-16(12-15-10-8-7-9-11-15)26-23(32)33-24(3,4)5/h7-11,14,16-17,25,27H,6,12-13H2,1-5H3,(H,26,32)(H,30,31)/t14-,16+,17+/m1/s1. The highest BCUT2D eigenvalue weighted by Gasteiger charge is 2.30. The molecule has 33 heavy (non-hydrogen) atoms. The molecule has 4 N–H and O–H groups in total. The SMILES string of the molecule is CC[C@@H](C)[C@H](Nc1c(NC[C@H](Cc2ccccc2)NC(=O)OC(C)(C)C)c(=O)c1=O)C(=O)O. The lowest BCUT2D eigenvalue weighted by Gasteiger charge is -2.26. The maximum Gasteiger partial charge on any atom is 0.407 e. The molecule has 0 aromatic heterocycles. The summed E-state index contributed by atoms with van der Waals surface area (Å²) in [5, 5.41) is 17.9. The van der Waals surface area contributed by atoms with Crippen LogP contribution in [-0.4, -0.2) is 41.4 Å². The van der Waals surface area contributed by atoms with E-state index < -0.39 is 40.6 Å². The third kappa shape index (κ3) is 7.34. The summed E-state index contributed by atoms with van der Waals surface area (Å²) < 4.78 is 5.34. The fraction of sp³-hybridized carbons (Fsp3) is 0.500. The Kier molecular flexibility index (Phi) is 8.62. The molecule has 2 aromatic rings. The van der Waals surface area contributed by atoms with E-state index in [1.54, 1.807) is 27.7 Å². The topological polar surface area (TPSA) is 134 Å². The van der Waals surface area contributed by atoms with Crippen molar-refractivity contribution in [3.63, 3.8) is 0 Å². The first kappa shape index (κ1) is 25.9. The van der Waals surface area contributed by atoms with Crippen molar-refractivity contribution in [2.45, 2.75) is 65.1 Å². The van der Waals surface area contributed by atoms with E-state index in [2.05, 4.69) is 16.0 Å². The first-order chi connectivity index (χ1) is 15.4. The van der Waals surface area contributed by atoms with E-state index in [4.69, 9.17) is 4.74 Å². The number of carbonyl (C=O) groups excluding carboxylic acids is 1. The molecule has 0 aliphatic carbocycles. The van der Waals surface area contributed by atoms with E-state index in [1.165, 1.54) is 0 Å². The van der Waals surface area contributed by atoms with Gasteiger partial charge in [-0.15, -0.1) is 0 Å². The van der Waals surface area contributed by atoms with Gasteiger partial charge < -0.3 is 25.8 Å². The molecule has 0 saturated carbocycles. The van der Waals surface area contributed by atoms with Crippen LogP contribution in [0.25, 0.3) is 0 Å². The fourth-order valence-electron chi connectivity index (χ4n) is 3.31. The van der Waals surface area contributed by atoms with Crippen LogP contribution in [0.15, 0.2) is 39.9 Å². The number of carboxylic acids is 1. The van der Waals surface area contributed by atoms with E-state index in [0.29, 0.717) is 12.8 Å². The molecule has 0 radical (unpaired) electrons. The summed E-state index contributed by atoms with van der Waals surface area (Å²) in [5.74, 6) is -1.35. The molecule has 0 bridgehead atoms. The molecule has 0 unspecified atom stereocenters. The van der Waals surface area contributed by atoms with Gasteiger partial charge in [-0.3, -0.25) is 9.59 Å². The Morgan fingerprint density at radius 3 is 2.21 bits per heavy atom. The zero-order valence-corrected chi connectivity index (χ0v) is 19.7. The minimum Gasteiger partial charge on any atom is -0.480 e. The Labute approximate surface area is 193 Å². The van der Waals surface area contributed by atoms with Crippen molar-refractivity contribution in [1.82, 2.24) is 5.32 Å². The molecule has 1 amide bonds. The summed E-state index contributed by atoms with van der Waals surface area (Å²) in [4.78, 5) is 48.2. The largest absolute Gasteiger partial charge is 0.480 e. The van der Waals surface area contributed by atoms with Gasteiger partial charge in [0.2, 0.25) is 0 Å². The summed E-state index contributed by atoms with van der Waals surface area (Å²) in [6, 6.07) is 8.02. The molecule has 0 aliphatic rings. The molecule has 0 spiro atoms. The van der Waals surface area contributed by atoms with Crippen molar-refractivity contribution >= 4 is 23.4 Å². The number of ether oxygens (including phenoxy) is 1. The van der Waals surface area contributed by atoms with Gasteiger partial charge in [0, 0.05) is 6.54 Å². The lowest BCUT2D eigenvalue weighted by molar-refractivity contribution is -0.139. The number of nitrogens with one attached hydrogen (secondary N) is 3. The molecule has 0 fully saturated rings. The minimum atomic E-state index is -1.10. The van der Waals surface area contributed by atoms with Crippen molar-refractivity contribution < 1.29 is 19.4 Å². The monoisotopic (exact) mass is 459 g/mol.